The van der Waals surface area contributed by atoms with Crippen molar-refractivity contribution in [3.8, 4) is 0 Å². The number of hydrogen-bond donors (Lipinski definition) is 2. The summed E-state index contributed by atoms with van der Waals surface area (Å²) in [4.78, 5) is 17.6. The lowest BCUT2D eigenvalue weighted by Crippen LogP contribution is -2.35. The molecule has 2 unspecified atom stereocenters. The zero-order valence-corrected chi connectivity index (χ0v) is 13.5. The van der Waals surface area contributed by atoms with Crippen LogP contribution in [0.15, 0.2) is 0 Å². The highest BCUT2D eigenvalue weighted by Gasteiger charge is 2.17. The van der Waals surface area contributed by atoms with E-state index in [9.17, 15) is 4.79 Å². The van der Waals surface area contributed by atoms with E-state index < -0.39 is 0 Å². The Morgan fingerprint density at radius 1 is 1.50 bits per heavy atom. The molecule has 1 amide bonds. The molecule has 4 nitrogen and oxygen atoms in total. The zero-order chi connectivity index (χ0) is 14.5. The summed E-state index contributed by atoms with van der Waals surface area (Å²) in [7, 11) is 0. The summed E-state index contributed by atoms with van der Waals surface area (Å²) in [6, 6.07) is 0.588. The maximum atomic E-state index is 12.0. The van der Waals surface area contributed by atoms with Crippen molar-refractivity contribution < 1.29 is 4.79 Å². The van der Waals surface area contributed by atoms with Gasteiger partial charge in [-0.1, -0.05) is 6.42 Å². The molecule has 1 fully saturated rings. The lowest BCUT2D eigenvalue weighted by molar-refractivity contribution is -0.121. The molecule has 0 spiro atoms. The third kappa shape index (κ3) is 4.28. The molecule has 2 N–H and O–H groups in total. The highest BCUT2D eigenvalue weighted by Crippen LogP contribution is 2.24. The molecule has 0 radical (unpaired) electrons. The number of hydrogen-bond acceptors (Lipinski definition) is 4. The second-order valence-electron chi connectivity index (χ2n) is 5.66. The Bertz CT molecular complexity index is 452. The van der Waals surface area contributed by atoms with Crippen LogP contribution < -0.4 is 10.6 Å². The number of nitrogens with zero attached hydrogens (tertiary/aromatic N) is 1. The third-order valence-electron chi connectivity index (χ3n) is 3.84. The van der Waals surface area contributed by atoms with E-state index in [0.29, 0.717) is 12.5 Å². The third-order valence-corrected chi connectivity index (χ3v) is 5.10. The molecule has 1 saturated heterocycles. The van der Waals surface area contributed by atoms with Crippen molar-refractivity contribution >= 4 is 17.2 Å². The van der Waals surface area contributed by atoms with E-state index in [1.165, 1.54) is 24.1 Å². The minimum absolute atomic E-state index is 0.0630. The molecule has 2 atom stereocenters. The summed E-state index contributed by atoms with van der Waals surface area (Å²) < 4.78 is 0. The maximum Gasteiger partial charge on any atom is 0.220 e. The van der Waals surface area contributed by atoms with E-state index in [2.05, 4.69) is 15.6 Å². The van der Waals surface area contributed by atoms with Crippen LogP contribution in [0.3, 0.4) is 0 Å². The number of carbonyl (C=O) groups excluding carboxylic acids is 1. The van der Waals surface area contributed by atoms with Gasteiger partial charge in [0.2, 0.25) is 5.91 Å². The van der Waals surface area contributed by atoms with Crippen molar-refractivity contribution in [3.63, 3.8) is 0 Å². The second kappa shape index (κ2) is 7.18. The number of nitrogens with one attached hydrogen (secondary N) is 2. The molecular weight excluding hydrogens is 270 g/mol. The fraction of sp³-hybridized carbons (Fsp3) is 0.733. The van der Waals surface area contributed by atoms with Crippen molar-refractivity contribution in [2.24, 2.45) is 0 Å². The second-order valence-corrected chi connectivity index (χ2v) is 6.89. The maximum absolute atomic E-state index is 12.0. The summed E-state index contributed by atoms with van der Waals surface area (Å²) in [6.45, 7) is 7.15. The fourth-order valence-electron chi connectivity index (χ4n) is 2.80. The quantitative estimate of drug-likeness (QED) is 0.878. The van der Waals surface area contributed by atoms with Gasteiger partial charge >= 0.3 is 0 Å². The molecule has 1 aromatic rings. The summed E-state index contributed by atoms with van der Waals surface area (Å²) >= 11 is 1.67. The van der Waals surface area contributed by atoms with Gasteiger partial charge in [0.25, 0.3) is 0 Å². The molecule has 112 valence electrons. The number of amides is 1. The average molecular weight is 295 g/mol. The van der Waals surface area contributed by atoms with Crippen molar-refractivity contribution in [2.45, 2.75) is 65.0 Å². The first kappa shape index (κ1) is 15.4. The molecule has 2 heterocycles. The van der Waals surface area contributed by atoms with Gasteiger partial charge in [0.05, 0.1) is 16.7 Å². The lowest BCUT2D eigenvalue weighted by Gasteiger charge is -2.23. The predicted molar refractivity (Wildman–Crippen MR) is 83.0 cm³/mol. The van der Waals surface area contributed by atoms with Gasteiger partial charge in [0, 0.05) is 17.3 Å². The number of rotatable bonds is 5. The van der Waals surface area contributed by atoms with E-state index in [4.69, 9.17) is 0 Å². The highest BCUT2D eigenvalue weighted by molar-refractivity contribution is 7.11. The number of piperidine rings is 1. The topological polar surface area (TPSA) is 54.0 Å². The zero-order valence-electron chi connectivity index (χ0n) is 12.7. The van der Waals surface area contributed by atoms with Crippen LogP contribution in [-0.4, -0.2) is 23.5 Å². The van der Waals surface area contributed by atoms with Crippen LogP contribution in [0.25, 0.3) is 0 Å². The van der Waals surface area contributed by atoms with Crippen LogP contribution in [0.5, 0.6) is 0 Å². The monoisotopic (exact) mass is 295 g/mol. The molecular formula is C15H25N3OS. The molecule has 0 saturated carbocycles. The summed E-state index contributed by atoms with van der Waals surface area (Å²) in [5.41, 5.74) is 1.04. The number of aromatic nitrogens is 1. The Labute approximate surface area is 125 Å². The molecule has 0 aliphatic carbocycles. The van der Waals surface area contributed by atoms with Gasteiger partial charge in [-0.3, -0.25) is 4.79 Å². The van der Waals surface area contributed by atoms with E-state index in [0.717, 1.165) is 23.7 Å². The Morgan fingerprint density at radius 2 is 2.30 bits per heavy atom. The smallest absolute Gasteiger partial charge is 0.220 e. The van der Waals surface area contributed by atoms with Crippen LogP contribution in [0.2, 0.25) is 0 Å². The summed E-state index contributed by atoms with van der Waals surface area (Å²) in [6.07, 6.45) is 5.31. The fourth-order valence-corrected chi connectivity index (χ4v) is 3.73. The first-order chi connectivity index (χ1) is 9.56. The highest BCUT2D eigenvalue weighted by atomic mass is 32.1. The van der Waals surface area contributed by atoms with Gasteiger partial charge < -0.3 is 10.6 Å². The average Bonchev–Trinajstić information content (AvgIpc) is 2.77. The van der Waals surface area contributed by atoms with Crippen LogP contribution in [-0.2, 0) is 4.79 Å². The molecule has 0 aromatic carbocycles. The Kier molecular flexibility index (Phi) is 5.54. The number of aryl methyl sites for hydroxylation is 2. The van der Waals surface area contributed by atoms with Crippen molar-refractivity contribution in [1.82, 2.24) is 15.6 Å². The van der Waals surface area contributed by atoms with Crippen molar-refractivity contribution in [3.05, 3.63) is 15.6 Å². The van der Waals surface area contributed by atoms with Gasteiger partial charge in [-0.05, 0) is 46.6 Å². The van der Waals surface area contributed by atoms with Crippen molar-refractivity contribution in [2.75, 3.05) is 6.54 Å². The van der Waals surface area contributed by atoms with Crippen molar-refractivity contribution in [1.29, 1.82) is 0 Å². The molecule has 0 bridgehead atoms. The molecule has 20 heavy (non-hydrogen) atoms. The first-order valence-electron chi connectivity index (χ1n) is 7.53. The van der Waals surface area contributed by atoms with Crippen LogP contribution >= 0.6 is 11.3 Å². The van der Waals surface area contributed by atoms with Gasteiger partial charge in [-0.15, -0.1) is 11.3 Å². The largest absolute Gasteiger partial charge is 0.349 e. The normalized spacial score (nSPS) is 20.6. The van der Waals surface area contributed by atoms with Crippen LogP contribution in [0.1, 0.15) is 60.6 Å². The summed E-state index contributed by atoms with van der Waals surface area (Å²) in [5.74, 6) is 0.148. The molecule has 5 heteroatoms. The molecule has 1 aliphatic heterocycles. The summed E-state index contributed by atoms with van der Waals surface area (Å²) in [5, 5.41) is 7.64. The molecule has 1 aromatic heterocycles. The SMILES string of the molecule is Cc1nc(C)c(C(C)NC(=O)CCC2CCCCN2)s1. The molecule has 2 rings (SSSR count). The van der Waals surface area contributed by atoms with E-state index >= 15 is 0 Å². The van der Waals surface area contributed by atoms with Gasteiger partial charge in [0.15, 0.2) is 0 Å². The standard InChI is InChI=1S/C15H25N3OS/c1-10-15(20-12(3)17-10)11(2)18-14(19)8-7-13-6-4-5-9-16-13/h11,13,16H,4-9H2,1-3H3,(H,18,19). The number of carbonyl (C=O) groups is 1. The minimum atomic E-state index is 0.0630. The lowest BCUT2D eigenvalue weighted by atomic mass is 10.0. The number of thiazole rings is 1. The Morgan fingerprint density at radius 3 is 2.90 bits per heavy atom. The first-order valence-corrected chi connectivity index (χ1v) is 8.34. The van der Waals surface area contributed by atoms with Gasteiger partial charge in [0.1, 0.15) is 0 Å². The van der Waals surface area contributed by atoms with E-state index in [-0.39, 0.29) is 11.9 Å². The van der Waals surface area contributed by atoms with E-state index in [1.807, 2.05) is 20.8 Å². The minimum Gasteiger partial charge on any atom is -0.349 e. The van der Waals surface area contributed by atoms with E-state index in [1.54, 1.807) is 11.3 Å². The Balaban J connectivity index is 1.77. The van der Waals surface area contributed by atoms with Crippen LogP contribution in [0.4, 0.5) is 0 Å². The van der Waals surface area contributed by atoms with Gasteiger partial charge in [-0.2, -0.15) is 0 Å². The molecule has 1 aliphatic rings. The van der Waals surface area contributed by atoms with Crippen LogP contribution in [0, 0.1) is 13.8 Å². The predicted octanol–water partition coefficient (Wildman–Crippen LogP) is 2.86. The Hall–Kier alpha value is -0.940. The van der Waals surface area contributed by atoms with Gasteiger partial charge in [-0.25, -0.2) is 4.98 Å².